The Morgan fingerprint density at radius 1 is 1.14 bits per heavy atom. The smallest absolute Gasteiger partial charge is 0.355 e. The van der Waals surface area contributed by atoms with Gasteiger partial charge in [0, 0.05) is 17.0 Å². The van der Waals surface area contributed by atoms with Crippen molar-refractivity contribution in [3.05, 3.63) is 76.9 Å². The third-order valence-electron chi connectivity index (χ3n) is 4.36. The molecular weight excluding hydrogens is 398 g/mol. The molecule has 28 heavy (non-hydrogen) atoms. The number of carboxylic acid groups (broad SMARTS) is 1. The average molecular weight is 413 g/mol. The van der Waals surface area contributed by atoms with Gasteiger partial charge < -0.3 is 5.11 Å². The summed E-state index contributed by atoms with van der Waals surface area (Å²) in [6.45, 7) is 0. The number of primary sulfonamides is 1. The van der Waals surface area contributed by atoms with Crippen molar-refractivity contribution in [3.63, 3.8) is 0 Å². The molecule has 0 unspecified atom stereocenters. The number of carboxylic acids is 1. The lowest BCUT2D eigenvalue weighted by Gasteiger charge is -2.02. The van der Waals surface area contributed by atoms with Crippen LogP contribution in [0.1, 0.15) is 21.6 Å². The first-order chi connectivity index (χ1) is 13.3. The predicted molar refractivity (Wildman–Crippen MR) is 107 cm³/mol. The largest absolute Gasteiger partial charge is 0.476 e. The van der Waals surface area contributed by atoms with Gasteiger partial charge in [0.25, 0.3) is 0 Å². The standard InChI is InChI=1S/C19H15N3O4S2/c20-28(25,26)14-7-5-12(6-8-14)9-13-10-22(17-4-2-1-3-15(13)17)19-21-16(11-27-19)18(23)24/h1-8,10-11H,9H2,(H,23,24)(H2,20,25,26). The highest BCUT2D eigenvalue weighted by Crippen LogP contribution is 2.28. The number of aromatic nitrogens is 2. The fourth-order valence-corrected chi connectivity index (χ4v) is 4.34. The van der Waals surface area contributed by atoms with Crippen molar-refractivity contribution in [2.75, 3.05) is 0 Å². The van der Waals surface area contributed by atoms with E-state index in [0.717, 1.165) is 22.0 Å². The Morgan fingerprint density at radius 3 is 2.50 bits per heavy atom. The molecule has 2 aromatic carbocycles. The second-order valence-electron chi connectivity index (χ2n) is 6.23. The van der Waals surface area contributed by atoms with E-state index in [1.807, 2.05) is 35.0 Å². The van der Waals surface area contributed by atoms with Crippen LogP contribution in [-0.4, -0.2) is 29.0 Å². The van der Waals surface area contributed by atoms with Crippen LogP contribution in [-0.2, 0) is 16.4 Å². The Kier molecular flexibility index (Phi) is 4.50. The minimum Gasteiger partial charge on any atom is -0.476 e. The fourth-order valence-electron chi connectivity index (χ4n) is 3.04. The van der Waals surface area contributed by atoms with Gasteiger partial charge >= 0.3 is 5.97 Å². The highest BCUT2D eigenvalue weighted by molar-refractivity contribution is 7.89. The Morgan fingerprint density at radius 2 is 1.86 bits per heavy atom. The van der Waals surface area contributed by atoms with Crippen LogP contribution in [0.15, 0.2) is 65.0 Å². The van der Waals surface area contributed by atoms with Crippen molar-refractivity contribution in [2.24, 2.45) is 5.14 Å². The molecule has 0 fully saturated rings. The monoisotopic (exact) mass is 413 g/mol. The molecule has 0 aliphatic heterocycles. The Labute approximate surface area is 164 Å². The molecule has 9 heteroatoms. The molecule has 4 aromatic rings. The molecule has 0 atom stereocenters. The van der Waals surface area contributed by atoms with Gasteiger partial charge in [-0.2, -0.15) is 0 Å². The van der Waals surface area contributed by atoms with Crippen LogP contribution in [0.4, 0.5) is 0 Å². The summed E-state index contributed by atoms with van der Waals surface area (Å²) < 4.78 is 24.7. The summed E-state index contributed by atoms with van der Waals surface area (Å²) in [6, 6.07) is 14.2. The van der Waals surface area contributed by atoms with Crippen molar-refractivity contribution in [1.82, 2.24) is 9.55 Å². The van der Waals surface area contributed by atoms with Gasteiger partial charge in [0.1, 0.15) is 0 Å². The zero-order valence-corrected chi connectivity index (χ0v) is 16.1. The van der Waals surface area contributed by atoms with Crippen LogP contribution in [0.3, 0.4) is 0 Å². The number of nitrogens with zero attached hydrogens (tertiary/aromatic N) is 2. The average Bonchev–Trinajstić information content (AvgIpc) is 3.27. The summed E-state index contributed by atoms with van der Waals surface area (Å²) in [5, 5.41) is 17.4. The highest BCUT2D eigenvalue weighted by atomic mass is 32.2. The molecule has 3 N–H and O–H groups in total. The number of hydrogen-bond acceptors (Lipinski definition) is 5. The third-order valence-corrected chi connectivity index (χ3v) is 6.13. The Balaban J connectivity index is 1.75. The predicted octanol–water partition coefficient (Wildman–Crippen LogP) is 3.02. The Bertz CT molecular complexity index is 1290. The topological polar surface area (TPSA) is 115 Å². The van der Waals surface area contributed by atoms with Crippen molar-refractivity contribution in [3.8, 4) is 5.13 Å². The number of thiazole rings is 1. The maximum atomic E-state index is 11.4. The van der Waals surface area contributed by atoms with E-state index in [1.54, 1.807) is 12.1 Å². The fraction of sp³-hybridized carbons (Fsp3) is 0.0526. The molecule has 0 spiro atoms. The molecule has 2 aromatic heterocycles. The Hall–Kier alpha value is -3.01. The van der Waals surface area contributed by atoms with Crippen molar-refractivity contribution in [1.29, 1.82) is 0 Å². The summed E-state index contributed by atoms with van der Waals surface area (Å²) in [7, 11) is -3.72. The van der Waals surface area contributed by atoms with E-state index in [1.165, 1.54) is 28.8 Å². The number of benzene rings is 2. The molecule has 0 aliphatic carbocycles. The van der Waals surface area contributed by atoms with Gasteiger partial charge in [0.05, 0.1) is 10.4 Å². The van der Waals surface area contributed by atoms with Gasteiger partial charge in [0.2, 0.25) is 10.0 Å². The van der Waals surface area contributed by atoms with E-state index < -0.39 is 16.0 Å². The lowest BCUT2D eigenvalue weighted by atomic mass is 10.0. The van der Waals surface area contributed by atoms with Crippen molar-refractivity contribution in [2.45, 2.75) is 11.3 Å². The number of nitrogens with two attached hydrogens (primary N) is 1. The van der Waals surface area contributed by atoms with Crippen LogP contribution in [0.2, 0.25) is 0 Å². The number of para-hydroxylation sites is 1. The minimum absolute atomic E-state index is 0.0120. The summed E-state index contributed by atoms with van der Waals surface area (Å²) in [6.07, 6.45) is 2.51. The molecule has 7 nitrogen and oxygen atoms in total. The van der Waals surface area contributed by atoms with E-state index in [0.29, 0.717) is 11.6 Å². The van der Waals surface area contributed by atoms with Gasteiger partial charge in [-0.25, -0.2) is 23.3 Å². The van der Waals surface area contributed by atoms with Crippen LogP contribution >= 0.6 is 11.3 Å². The molecule has 0 saturated carbocycles. The molecule has 0 bridgehead atoms. The quantitative estimate of drug-likeness (QED) is 0.522. The molecule has 0 saturated heterocycles. The number of carbonyl (C=O) groups is 1. The zero-order chi connectivity index (χ0) is 19.9. The third kappa shape index (κ3) is 3.42. The molecule has 2 heterocycles. The first-order valence-electron chi connectivity index (χ1n) is 8.23. The zero-order valence-electron chi connectivity index (χ0n) is 14.4. The van der Waals surface area contributed by atoms with Crippen LogP contribution < -0.4 is 5.14 Å². The maximum Gasteiger partial charge on any atom is 0.355 e. The van der Waals surface area contributed by atoms with E-state index in [-0.39, 0.29) is 10.6 Å². The lowest BCUT2D eigenvalue weighted by Crippen LogP contribution is -2.11. The normalized spacial score (nSPS) is 11.8. The minimum atomic E-state index is -3.72. The second kappa shape index (κ2) is 6.86. The highest BCUT2D eigenvalue weighted by Gasteiger charge is 2.15. The maximum absolute atomic E-state index is 11.4. The summed E-state index contributed by atoms with van der Waals surface area (Å²) in [5.74, 6) is -1.06. The van der Waals surface area contributed by atoms with Gasteiger partial charge in [0.15, 0.2) is 10.8 Å². The van der Waals surface area contributed by atoms with Crippen LogP contribution in [0.25, 0.3) is 16.0 Å². The van der Waals surface area contributed by atoms with Crippen molar-refractivity contribution >= 4 is 38.2 Å². The number of sulfonamides is 1. The van der Waals surface area contributed by atoms with Gasteiger partial charge in [-0.1, -0.05) is 30.3 Å². The molecule has 0 radical (unpaired) electrons. The number of aromatic carboxylic acids is 1. The molecule has 0 aliphatic rings. The van der Waals surface area contributed by atoms with Gasteiger partial charge in [-0.05, 0) is 35.7 Å². The van der Waals surface area contributed by atoms with E-state index in [9.17, 15) is 13.2 Å². The van der Waals surface area contributed by atoms with Gasteiger partial charge in [-0.15, -0.1) is 11.3 Å². The molecule has 4 rings (SSSR count). The lowest BCUT2D eigenvalue weighted by molar-refractivity contribution is 0.0691. The summed E-state index contributed by atoms with van der Waals surface area (Å²) in [5.41, 5.74) is 2.88. The second-order valence-corrected chi connectivity index (χ2v) is 8.63. The molecule has 142 valence electrons. The van der Waals surface area contributed by atoms with Crippen LogP contribution in [0, 0.1) is 0 Å². The first kappa shape index (κ1) is 18.4. The van der Waals surface area contributed by atoms with Crippen molar-refractivity contribution < 1.29 is 18.3 Å². The van der Waals surface area contributed by atoms with Gasteiger partial charge in [-0.3, -0.25) is 4.57 Å². The SMILES string of the molecule is NS(=O)(=O)c1ccc(Cc2cn(-c3nc(C(=O)O)cs3)c3ccccc23)cc1. The summed E-state index contributed by atoms with van der Waals surface area (Å²) >= 11 is 1.26. The first-order valence-corrected chi connectivity index (χ1v) is 10.7. The molecular formula is C19H15N3O4S2. The molecule has 0 amide bonds. The van der Waals surface area contributed by atoms with E-state index >= 15 is 0 Å². The number of fused-ring (bicyclic) bond motifs is 1. The van der Waals surface area contributed by atoms with E-state index in [2.05, 4.69) is 4.98 Å². The van der Waals surface area contributed by atoms with E-state index in [4.69, 9.17) is 10.2 Å². The number of hydrogen-bond donors (Lipinski definition) is 2. The summed E-state index contributed by atoms with van der Waals surface area (Å²) in [4.78, 5) is 15.4. The number of rotatable bonds is 5. The van der Waals surface area contributed by atoms with Crippen LogP contribution in [0.5, 0.6) is 0 Å².